The second-order valence-corrected chi connectivity index (χ2v) is 8.39. The number of aromatic hydroxyl groups is 2. The first-order chi connectivity index (χ1) is 13.1. The van der Waals surface area contributed by atoms with Crippen molar-refractivity contribution in [3.05, 3.63) is 57.1 Å². The lowest BCUT2D eigenvalue weighted by Gasteiger charge is -2.38. The molecule has 5 nitrogen and oxygen atoms in total. The first-order valence-electron chi connectivity index (χ1n) is 9.39. The lowest BCUT2D eigenvalue weighted by atomic mass is 9.64. The van der Waals surface area contributed by atoms with Crippen LogP contribution in [0.15, 0.2) is 18.2 Å². The fourth-order valence-corrected chi connectivity index (χ4v) is 4.87. The molecule has 0 radical (unpaired) electrons. The van der Waals surface area contributed by atoms with Gasteiger partial charge in [-0.2, -0.15) is 0 Å². The quantitative estimate of drug-likeness (QED) is 0.628. The van der Waals surface area contributed by atoms with Gasteiger partial charge in [0.2, 0.25) is 0 Å². The Morgan fingerprint density at radius 1 is 1.07 bits per heavy atom. The van der Waals surface area contributed by atoms with Gasteiger partial charge in [0.25, 0.3) is 0 Å². The van der Waals surface area contributed by atoms with Crippen molar-refractivity contribution in [3.8, 4) is 11.5 Å². The van der Waals surface area contributed by atoms with E-state index in [-0.39, 0.29) is 51.9 Å². The van der Waals surface area contributed by atoms with E-state index in [1.165, 1.54) is 6.92 Å². The topological polar surface area (TPSA) is 91.7 Å². The predicted molar refractivity (Wildman–Crippen MR) is 103 cm³/mol. The van der Waals surface area contributed by atoms with Crippen LogP contribution >= 0.6 is 0 Å². The van der Waals surface area contributed by atoms with E-state index in [0.29, 0.717) is 23.1 Å². The van der Waals surface area contributed by atoms with E-state index < -0.39 is 17.0 Å². The molecule has 28 heavy (non-hydrogen) atoms. The fourth-order valence-electron chi connectivity index (χ4n) is 4.87. The van der Waals surface area contributed by atoms with Crippen LogP contribution in [0.3, 0.4) is 0 Å². The van der Waals surface area contributed by atoms with Crippen LogP contribution in [0.2, 0.25) is 0 Å². The number of rotatable bonds is 1. The number of benzene rings is 2. The van der Waals surface area contributed by atoms with E-state index in [1.807, 2.05) is 13.8 Å². The summed E-state index contributed by atoms with van der Waals surface area (Å²) in [5, 5.41) is 22.0. The number of fused-ring (bicyclic) bond motifs is 3. The molecule has 2 aliphatic rings. The molecule has 2 N–H and O–H groups in total. The molecule has 0 fully saturated rings. The van der Waals surface area contributed by atoms with Gasteiger partial charge in [-0.05, 0) is 38.2 Å². The van der Waals surface area contributed by atoms with Gasteiger partial charge in [-0.25, -0.2) is 0 Å². The van der Waals surface area contributed by atoms with Gasteiger partial charge in [0, 0.05) is 27.7 Å². The Balaban J connectivity index is 2.05. The second-order valence-electron chi connectivity index (χ2n) is 8.39. The predicted octanol–water partition coefficient (Wildman–Crippen LogP) is 3.83. The number of carbonyl (C=O) groups excluding carboxylic acids is 3. The van der Waals surface area contributed by atoms with Crippen LogP contribution in [0, 0.1) is 12.3 Å². The van der Waals surface area contributed by atoms with Crippen molar-refractivity contribution in [2.24, 2.45) is 5.41 Å². The SMILES string of the molecule is CC(=O)C1(C)Cc2c(O)c3c(c(O)c2C(C)C1)C(=O)c1c(C)cccc1C3=O. The summed E-state index contributed by atoms with van der Waals surface area (Å²) < 4.78 is 0. The van der Waals surface area contributed by atoms with Crippen molar-refractivity contribution in [2.75, 3.05) is 0 Å². The van der Waals surface area contributed by atoms with Crippen molar-refractivity contribution in [2.45, 2.75) is 46.5 Å². The minimum Gasteiger partial charge on any atom is -0.507 e. The molecule has 0 bridgehead atoms. The lowest BCUT2D eigenvalue weighted by Crippen LogP contribution is -2.35. The summed E-state index contributed by atoms with van der Waals surface area (Å²) in [6.45, 7) is 6.95. The average molecular weight is 378 g/mol. The summed E-state index contributed by atoms with van der Waals surface area (Å²) >= 11 is 0. The molecule has 0 saturated heterocycles. The molecule has 0 saturated carbocycles. The Morgan fingerprint density at radius 3 is 2.36 bits per heavy atom. The van der Waals surface area contributed by atoms with Gasteiger partial charge in [0.15, 0.2) is 11.6 Å². The first kappa shape index (κ1) is 18.4. The minimum absolute atomic E-state index is 0.00927. The Morgan fingerprint density at radius 2 is 1.71 bits per heavy atom. The zero-order chi connectivity index (χ0) is 20.5. The number of phenolic OH excluding ortho intramolecular Hbond substituents is 2. The highest BCUT2D eigenvalue weighted by molar-refractivity contribution is 6.31. The van der Waals surface area contributed by atoms with Crippen molar-refractivity contribution in [3.63, 3.8) is 0 Å². The highest BCUT2D eigenvalue weighted by Crippen LogP contribution is 2.53. The van der Waals surface area contributed by atoms with Crippen LogP contribution in [-0.2, 0) is 11.2 Å². The molecular formula is C23H22O5. The minimum atomic E-state index is -0.694. The Bertz CT molecular complexity index is 1090. The smallest absolute Gasteiger partial charge is 0.198 e. The number of Topliss-reactive ketones (excluding diaryl/α,β-unsaturated/α-hetero) is 1. The summed E-state index contributed by atoms with van der Waals surface area (Å²) in [5.41, 5.74) is 1.03. The van der Waals surface area contributed by atoms with E-state index in [1.54, 1.807) is 25.1 Å². The summed E-state index contributed by atoms with van der Waals surface area (Å²) in [6.07, 6.45) is 0.718. The third kappa shape index (κ3) is 2.22. The van der Waals surface area contributed by atoms with Gasteiger partial charge in [0.1, 0.15) is 17.3 Å². The molecule has 2 aromatic rings. The zero-order valence-electron chi connectivity index (χ0n) is 16.3. The van der Waals surface area contributed by atoms with E-state index in [9.17, 15) is 24.6 Å². The standard InChI is InChI=1S/C23H22O5/c1-10-6-5-7-13-15(10)21(27)18-17(19(13)25)20(26)14-9-23(4,12(3)24)8-11(2)16(14)22(18)28/h5-7,11,26,28H,8-9H2,1-4H3. The molecule has 2 unspecified atom stereocenters. The van der Waals surface area contributed by atoms with Crippen LogP contribution < -0.4 is 0 Å². The van der Waals surface area contributed by atoms with Crippen LogP contribution in [-0.4, -0.2) is 27.6 Å². The third-order valence-corrected chi connectivity index (χ3v) is 6.45. The van der Waals surface area contributed by atoms with Crippen LogP contribution in [0.1, 0.15) is 81.6 Å². The van der Waals surface area contributed by atoms with Gasteiger partial charge in [-0.15, -0.1) is 0 Å². The van der Waals surface area contributed by atoms with Crippen molar-refractivity contribution < 1.29 is 24.6 Å². The third-order valence-electron chi connectivity index (χ3n) is 6.45. The maximum atomic E-state index is 13.2. The number of aryl methyl sites for hydroxylation is 1. The van der Waals surface area contributed by atoms with Crippen LogP contribution in [0.4, 0.5) is 0 Å². The van der Waals surface area contributed by atoms with E-state index in [2.05, 4.69) is 0 Å². The Kier molecular flexibility index (Phi) is 3.80. The largest absolute Gasteiger partial charge is 0.507 e. The van der Waals surface area contributed by atoms with E-state index in [4.69, 9.17) is 0 Å². The molecule has 5 heteroatoms. The monoisotopic (exact) mass is 378 g/mol. The molecule has 2 atom stereocenters. The number of hydrogen-bond acceptors (Lipinski definition) is 5. The van der Waals surface area contributed by atoms with Gasteiger partial charge in [-0.1, -0.05) is 32.0 Å². The Labute approximate surface area is 163 Å². The molecule has 2 aliphatic carbocycles. The van der Waals surface area contributed by atoms with Crippen LogP contribution in [0.25, 0.3) is 0 Å². The van der Waals surface area contributed by atoms with Gasteiger partial charge in [-0.3, -0.25) is 14.4 Å². The maximum Gasteiger partial charge on any atom is 0.198 e. The highest BCUT2D eigenvalue weighted by atomic mass is 16.3. The molecule has 2 aromatic carbocycles. The molecule has 0 spiro atoms. The number of ketones is 3. The number of carbonyl (C=O) groups is 3. The number of phenols is 2. The van der Waals surface area contributed by atoms with Crippen LogP contribution in [0.5, 0.6) is 11.5 Å². The molecule has 144 valence electrons. The van der Waals surface area contributed by atoms with E-state index in [0.717, 1.165) is 0 Å². The Hall–Kier alpha value is -2.95. The van der Waals surface area contributed by atoms with Gasteiger partial charge >= 0.3 is 0 Å². The summed E-state index contributed by atoms with van der Waals surface area (Å²) in [7, 11) is 0. The molecule has 4 rings (SSSR count). The summed E-state index contributed by atoms with van der Waals surface area (Å²) in [4.78, 5) is 38.6. The molecular weight excluding hydrogens is 356 g/mol. The van der Waals surface area contributed by atoms with Crippen molar-refractivity contribution >= 4 is 17.3 Å². The zero-order valence-corrected chi connectivity index (χ0v) is 16.3. The van der Waals surface area contributed by atoms with E-state index >= 15 is 0 Å². The fraction of sp³-hybridized carbons (Fsp3) is 0.348. The maximum absolute atomic E-state index is 13.2. The lowest BCUT2D eigenvalue weighted by molar-refractivity contribution is -0.126. The van der Waals surface area contributed by atoms with Crippen molar-refractivity contribution in [1.82, 2.24) is 0 Å². The highest BCUT2D eigenvalue weighted by Gasteiger charge is 2.45. The number of hydrogen-bond donors (Lipinski definition) is 2. The molecule has 0 heterocycles. The normalized spacial score (nSPS) is 23.1. The van der Waals surface area contributed by atoms with Gasteiger partial charge in [0.05, 0.1) is 11.1 Å². The van der Waals surface area contributed by atoms with Gasteiger partial charge < -0.3 is 10.2 Å². The molecule has 0 amide bonds. The molecule has 0 aromatic heterocycles. The average Bonchev–Trinajstić information content (AvgIpc) is 2.61. The second kappa shape index (κ2) is 5.77. The summed E-state index contributed by atoms with van der Waals surface area (Å²) in [6, 6.07) is 4.99. The summed E-state index contributed by atoms with van der Waals surface area (Å²) in [5.74, 6) is -1.71. The molecule has 0 aliphatic heterocycles. The van der Waals surface area contributed by atoms with Crippen molar-refractivity contribution in [1.29, 1.82) is 0 Å². The first-order valence-corrected chi connectivity index (χ1v) is 9.39.